The van der Waals surface area contributed by atoms with Gasteiger partial charge < -0.3 is 5.32 Å². The summed E-state index contributed by atoms with van der Waals surface area (Å²) in [4.78, 5) is 0. The average Bonchev–Trinajstić information content (AvgIpc) is 2.69. The van der Waals surface area contributed by atoms with Crippen LogP contribution in [0, 0.1) is 11.8 Å². The smallest absolute Gasteiger partial charge is 0.256 e. The molecule has 1 heterocycles. The van der Waals surface area contributed by atoms with Gasteiger partial charge in [0.15, 0.2) is 0 Å². The van der Waals surface area contributed by atoms with Crippen LogP contribution in [0.5, 0.6) is 0 Å². The van der Waals surface area contributed by atoms with Gasteiger partial charge in [0.25, 0.3) is 5.92 Å². The lowest BCUT2D eigenvalue weighted by molar-refractivity contribution is 0.0746. The Morgan fingerprint density at radius 3 is 2.62 bits per heavy atom. The Balaban J connectivity index is 1.94. The first-order valence-electron chi connectivity index (χ1n) is 5.29. The van der Waals surface area contributed by atoms with Crippen LogP contribution in [0.25, 0.3) is 0 Å². The van der Waals surface area contributed by atoms with Crippen molar-refractivity contribution in [2.45, 2.75) is 44.6 Å². The molecule has 2 fully saturated rings. The molecule has 0 amide bonds. The minimum atomic E-state index is -2.37. The molecule has 0 aromatic carbocycles. The van der Waals surface area contributed by atoms with Crippen LogP contribution in [0.15, 0.2) is 0 Å². The Labute approximate surface area is 77.9 Å². The van der Waals surface area contributed by atoms with Crippen molar-refractivity contribution in [2.75, 3.05) is 6.54 Å². The van der Waals surface area contributed by atoms with Crippen molar-refractivity contribution in [1.82, 2.24) is 5.32 Å². The number of halogens is 2. The predicted molar refractivity (Wildman–Crippen MR) is 47.9 cm³/mol. The average molecular weight is 189 g/mol. The largest absolute Gasteiger partial charge is 0.313 e. The summed E-state index contributed by atoms with van der Waals surface area (Å²) < 4.78 is 26.4. The van der Waals surface area contributed by atoms with Gasteiger partial charge in [0.05, 0.1) is 0 Å². The van der Waals surface area contributed by atoms with Gasteiger partial charge in [-0.3, -0.25) is 0 Å². The van der Waals surface area contributed by atoms with Crippen molar-refractivity contribution in [3.8, 4) is 0 Å². The van der Waals surface area contributed by atoms with Crippen molar-refractivity contribution in [3.63, 3.8) is 0 Å². The molecular weight excluding hydrogens is 172 g/mol. The quantitative estimate of drug-likeness (QED) is 0.703. The fourth-order valence-electron chi connectivity index (χ4n) is 2.68. The Kier molecular flexibility index (Phi) is 2.30. The molecule has 1 saturated carbocycles. The number of rotatable bonds is 2. The van der Waals surface area contributed by atoms with Crippen molar-refractivity contribution in [3.05, 3.63) is 0 Å². The second-order valence-corrected chi connectivity index (χ2v) is 4.27. The number of nitrogens with one attached hydrogen (secondary N) is 1. The molecule has 0 aromatic rings. The van der Waals surface area contributed by atoms with E-state index in [-0.39, 0.29) is 17.9 Å². The van der Waals surface area contributed by atoms with Crippen molar-refractivity contribution in [1.29, 1.82) is 0 Å². The molecule has 2 rings (SSSR count). The topological polar surface area (TPSA) is 12.0 Å². The molecule has 0 aromatic heterocycles. The van der Waals surface area contributed by atoms with Gasteiger partial charge in [0, 0.05) is 17.9 Å². The van der Waals surface area contributed by atoms with E-state index < -0.39 is 5.92 Å². The Hall–Kier alpha value is -0.180. The Bertz CT molecular complexity index is 187. The van der Waals surface area contributed by atoms with Gasteiger partial charge in [-0.1, -0.05) is 13.3 Å². The molecule has 1 aliphatic carbocycles. The number of hydrogen-bond acceptors (Lipinski definition) is 1. The van der Waals surface area contributed by atoms with Gasteiger partial charge in [0.2, 0.25) is 0 Å². The predicted octanol–water partition coefficient (Wildman–Crippen LogP) is 2.42. The molecule has 1 saturated heterocycles. The van der Waals surface area contributed by atoms with Crippen molar-refractivity contribution >= 4 is 0 Å². The first-order chi connectivity index (χ1) is 6.18. The summed E-state index contributed by atoms with van der Waals surface area (Å²) in [5.74, 6) is -3.08. The highest BCUT2D eigenvalue weighted by molar-refractivity contribution is 5.10. The van der Waals surface area contributed by atoms with E-state index in [0.29, 0.717) is 6.42 Å². The van der Waals surface area contributed by atoms with Gasteiger partial charge in [-0.05, 0) is 25.8 Å². The summed E-state index contributed by atoms with van der Waals surface area (Å²) in [6, 6.07) is 0.0914. The van der Waals surface area contributed by atoms with E-state index >= 15 is 0 Å². The first kappa shape index (κ1) is 9.38. The van der Waals surface area contributed by atoms with Crippen LogP contribution >= 0.6 is 0 Å². The summed E-state index contributed by atoms with van der Waals surface area (Å²) in [6.45, 7) is 2.79. The fourth-order valence-corrected chi connectivity index (χ4v) is 2.68. The highest BCUT2D eigenvalue weighted by Gasteiger charge is 2.69. The molecule has 3 unspecified atom stereocenters. The first-order valence-corrected chi connectivity index (χ1v) is 5.29. The number of piperidine rings is 1. The zero-order valence-corrected chi connectivity index (χ0v) is 8.02. The number of alkyl halides is 2. The van der Waals surface area contributed by atoms with Crippen LogP contribution in [0.4, 0.5) is 8.78 Å². The van der Waals surface area contributed by atoms with Gasteiger partial charge >= 0.3 is 0 Å². The van der Waals surface area contributed by atoms with E-state index in [1.165, 1.54) is 0 Å². The van der Waals surface area contributed by atoms with Crippen LogP contribution in [0.1, 0.15) is 32.6 Å². The van der Waals surface area contributed by atoms with Crippen LogP contribution in [0.2, 0.25) is 0 Å². The normalized spacial score (nSPS) is 43.2. The van der Waals surface area contributed by atoms with Crippen LogP contribution in [-0.4, -0.2) is 18.5 Å². The lowest BCUT2D eigenvalue weighted by Crippen LogP contribution is -2.37. The molecule has 1 aliphatic heterocycles. The third kappa shape index (κ3) is 1.47. The van der Waals surface area contributed by atoms with E-state index in [4.69, 9.17) is 0 Å². The lowest BCUT2D eigenvalue weighted by Gasteiger charge is -2.23. The highest BCUT2D eigenvalue weighted by atomic mass is 19.3. The summed E-state index contributed by atoms with van der Waals surface area (Å²) >= 11 is 0. The van der Waals surface area contributed by atoms with Gasteiger partial charge in [0.1, 0.15) is 0 Å². The van der Waals surface area contributed by atoms with Crippen LogP contribution in [-0.2, 0) is 0 Å². The lowest BCUT2D eigenvalue weighted by atomic mass is 9.99. The Morgan fingerprint density at radius 2 is 2.15 bits per heavy atom. The van der Waals surface area contributed by atoms with Gasteiger partial charge in [-0.25, -0.2) is 8.78 Å². The summed E-state index contributed by atoms with van der Waals surface area (Å²) in [6.07, 6.45) is 3.82. The zero-order chi connectivity index (χ0) is 9.47. The van der Waals surface area contributed by atoms with Crippen LogP contribution in [0.3, 0.4) is 0 Å². The Morgan fingerprint density at radius 1 is 1.38 bits per heavy atom. The molecular formula is C10H17F2N. The van der Waals surface area contributed by atoms with E-state index in [2.05, 4.69) is 5.32 Å². The monoisotopic (exact) mass is 189 g/mol. The van der Waals surface area contributed by atoms with Gasteiger partial charge in [-0.2, -0.15) is 0 Å². The summed E-state index contributed by atoms with van der Waals surface area (Å²) in [7, 11) is 0. The van der Waals surface area contributed by atoms with Crippen molar-refractivity contribution < 1.29 is 8.78 Å². The third-order valence-corrected chi connectivity index (χ3v) is 3.48. The minimum Gasteiger partial charge on any atom is -0.313 e. The second-order valence-electron chi connectivity index (χ2n) is 4.27. The molecule has 0 spiro atoms. The van der Waals surface area contributed by atoms with Crippen molar-refractivity contribution in [2.24, 2.45) is 11.8 Å². The maximum atomic E-state index is 13.2. The molecule has 0 bridgehead atoms. The molecule has 1 N–H and O–H groups in total. The highest BCUT2D eigenvalue weighted by Crippen LogP contribution is 2.59. The molecule has 1 nitrogen and oxygen atoms in total. The van der Waals surface area contributed by atoms with E-state index in [1.807, 2.05) is 6.92 Å². The van der Waals surface area contributed by atoms with E-state index in [0.717, 1.165) is 25.8 Å². The third-order valence-electron chi connectivity index (χ3n) is 3.48. The number of hydrogen-bond donors (Lipinski definition) is 1. The summed E-state index contributed by atoms with van der Waals surface area (Å²) in [5.41, 5.74) is 0. The minimum absolute atomic E-state index is 0.0914. The molecule has 0 radical (unpaired) electrons. The SMILES string of the molecule is CCC1C(C2CCCCN2)C1(F)F. The standard InChI is InChI=1S/C10H17F2N/c1-2-7-9(10(7,11)12)8-5-3-4-6-13-8/h7-9,13H,2-6H2,1H3. The molecule has 13 heavy (non-hydrogen) atoms. The molecule has 3 atom stereocenters. The molecule has 2 aliphatic rings. The van der Waals surface area contributed by atoms with Gasteiger partial charge in [-0.15, -0.1) is 0 Å². The maximum absolute atomic E-state index is 13.2. The van der Waals surface area contributed by atoms with E-state index in [1.54, 1.807) is 0 Å². The molecule has 3 heteroatoms. The maximum Gasteiger partial charge on any atom is 0.256 e. The fraction of sp³-hybridized carbons (Fsp3) is 1.00. The van der Waals surface area contributed by atoms with Crippen LogP contribution < -0.4 is 5.32 Å². The summed E-state index contributed by atoms with van der Waals surface area (Å²) in [5, 5.41) is 3.22. The molecule has 76 valence electrons. The van der Waals surface area contributed by atoms with E-state index in [9.17, 15) is 8.78 Å². The second kappa shape index (κ2) is 3.19. The zero-order valence-electron chi connectivity index (χ0n) is 8.02.